The van der Waals surface area contributed by atoms with Crippen LogP contribution in [0.3, 0.4) is 0 Å². The molecule has 3 amide bonds. The normalized spacial score (nSPS) is 26.7. The van der Waals surface area contributed by atoms with E-state index < -0.39 is 18.2 Å². The van der Waals surface area contributed by atoms with Crippen LogP contribution in [0.4, 0.5) is 4.79 Å². The molecule has 0 aromatic heterocycles. The number of urea groups is 1. The smallest absolute Gasteiger partial charge is 0.325 e. The predicted octanol–water partition coefficient (Wildman–Crippen LogP) is -0.654. The van der Waals surface area contributed by atoms with Gasteiger partial charge in [-0.25, -0.2) is 4.79 Å². The van der Waals surface area contributed by atoms with Gasteiger partial charge in [0.2, 0.25) is 0 Å². The Labute approximate surface area is 123 Å². The number of likely N-dealkylation sites (N-methyl/N-ethyl adjacent to an activating group) is 1. The molecule has 2 heterocycles. The fraction of sp³-hybridized carbons (Fsp3) is 0.615. The van der Waals surface area contributed by atoms with Crippen molar-refractivity contribution in [1.29, 1.82) is 0 Å². The molecule has 0 bridgehead atoms. The van der Waals surface area contributed by atoms with E-state index in [1.165, 1.54) is 4.90 Å². The lowest BCUT2D eigenvalue weighted by atomic mass is 10.1. The average molecular weight is 295 g/mol. The Morgan fingerprint density at radius 3 is 2.90 bits per heavy atom. The average Bonchev–Trinajstić information content (AvgIpc) is 2.81. The molecule has 2 unspecified atom stereocenters. The molecule has 2 aliphatic heterocycles. The van der Waals surface area contributed by atoms with Crippen molar-refractivity contribution in [2.24, 2.45) is 4.99 Å². The summed E-state index contributed by atoms with van der Waals surface area (Å²) in [5.41, 5.74) is 0. The summed E-state index contributed by atoms with van der Waals surface area (Å²) in [5, 5.41) is 5.49. The first-order valence-electron chi connectivity index (χ1n) is 6.85. The maximum atomic E-state index is 12.1. The Morgan fingerprint density at radius 2 is 2.24 bits per heavy atom. The number of aliphatic imine (C=N–C) groups is 1. The number of nitrogens with zero attached hydrogens (tertiary/aromatic N) is 3. The van der Waals surface area contributed by atoms with Crippen molar-refractivity contribution in [3.63, 3.8) is 0 Å². The van der Waals surface area contributed by atoms with Crippen molar-refractivity contribution in [3.8, 4) is 0 Å². The van der Waals surface area contributed by atoms with E-state index in [9.17, 15) is 9.59 Å². The molecule has 0 aromatic rings. The molecule has 0 saturated carbocycles. The van der Waals surface area contributed by atoms with Crippen molar-refractivity contribution in [1.82, 2.24) is 20.4 Å². The second-order valence-corrected chi connectivity index (χ2v) is 4.93. The number of hydrogen-bond acceptors (Lipinski definition) is 4. The van der Waals surface area contributed by atoms with Gasteiger partial charge in [0, 0.05) is 33.9 Å². The summed E-state index contributed by atoms with van der Waals surface area (Å²) in [7, 11) is 3.29. The zero-order chi connectivity index (χ0) is 15.4. The van der Waals surface area contributed by atoms with Crippen LogP contribution in [0.1, 0.15) is 6.42 Å². The third-order valence-electron chi connectivity index (χ3n) is 3.51. The predicted molar refractivity (Wildman–Crippen MR) is 77.7 cm³/mol. The van der Waals surface area contributed by atoms with E-state index in [-0.39, 0.29) is 5.91 Å². The van der Waals surface area contributed by atoms with Crippen molar-refractivity contribution in [2.45, 2.75) is 18.6 Å². The van der Waals surface area contributed by atoms with Gasteiger partial charge in [0.15, 0.2) is 12.0 Å². The van der Waals surface area contributed by atoms with Crippen molar-refractivity contribution >= 4 is 17.9 Å². The lowest BCUT2D eigenvalue weighted by Crippen LogP contribution is -2.64. The molecule has 8 nitrogen and oxygen atoms in total. The largest absolute Gasteiger partial charge is 0.385 e. The SMILES string of the molecule is C=CCN1C(=NCCCOC)NC2C1C(=O)NC(=O)N2C. The van der Waals surface area contributed by atoms with E-state index >= 15 is 0 Å². The van der Waals surface area contributed by atoms with Gasteiger partial charge in [-0.1, -0.05) is 6.08 Å². The summed E-state index contributed by atoms with van der Waals surface area (Å²) in [4.78, 5) is 31.5. The molecule has 0 spiro atoms. The molecule has 21 heavy (non-hydrogen) atoms. The van der Waals surface area contributed by atoms with Gasteiger partial charge in [0.1, 0.15) is 6.17 Å². The second-order valence-electron chi connectivity index (χ2n) is 4.93. The van der Waals surface area contributed by atoms with Crippen LogP contribution in [0, 0.1) is 0 Å². The van der Waals surface area contributed by atoms with E-state index in [0.29, 0.717) is 25.7 Å². The fourth-order valence-corrected chi connectivity index (χ4v) is 2.45. The first-order chi connectivity index (χ1) is 10.1. The topological polar surface area (TPSA) is 86.3 Å². The van der Waals surface area contributed by atoms with Crippen LogP contribution < -0.4 is 10.6 Å². The monoisotopic (exact) mass is 295 g/mol. The number of methoxy groups -OCH3 is 1. The molecule has 2 rings (SSSR count). The number of hydrogen-bond donors (Lipinski definition) is 2. The minimum absolute atomic E-state index is 0.320. The van der Waals surface area contributed by atoms with E-state index in [4.69, 9.17) is 4.74 Å². The van der Waals surface area contributed by atoms with E-state index in [1.807, 2.05) is 4.90 Å². The highest BCUT2D eigenvalue weighted by atomic mass is 16.5. The number of rotatable bonds is 6. The zero-order valence-electron chi connectivity index (χ0n) is 12.3. The summed E-state index contributed by atoms with van der Waals surface area (Å²) in [6, 6.07) is -0.903. The Morgan fingerprint density at radius 1 is 1.48 bits per heavy atom. The summed E-state index contributed by atoms with van der Waals surface area (Å²) in [6.07, 6.45) is 2.09. The Bertz CT molecular complexity index is 465. The lowest BCUT2D eigenvalue weighted by molar-refractivity contribution is -0.126. The summed E-state index contributed by atoms with van der Waals surface area (Å²) in [5.74, 6) is 0.289. The van der Waals surface area contributed by atoms with Crippen LogP contribution in [-0.4, -0.2) is 73.8 Å². The molecular formula is C13H21N5O3. The van der Waals surface area contributed by atoms with Gasteiger partial charge in [-0.05, 0) is 6.42 Å². The van der Waals surface area contributed by atoms with Crippen LogP contribution in [0.25, 0.3) is 0 Å². The van der Waals surface area contributed by atoms with Gasteiger partial charge in [-0.2, -0.15) is 0 Å². The minimum atomic E-state index is -0.494. The maximum absolute atomic E-state index is 12.1. The summed E-state index contributed by atoms with van der Waals surface area (Å²) in [6.45, 7) is 5.40. The first-order valence-corrected chi connectivity index (χ1v) is 6.85. The molecular weight excluding hydrogens is 274 g/mol. The number of ether oxygens (including phenoxy) is 1. The number of amides is 3. The molecule has 2 atom stereocenters. The first kappa shape index (κ1) is 15.3. The Hall–Kier alpha value is -2.09. The lowest BCUT2D eigenvalue weighted by Gasteiger charge is -2.35. The fourth-order valence-electron chi connectivity index (χ4n) is 2.45. The van der Waals surface area contributed by atoms with Gasteiger partial charge in [-0.3, -0.25) is 15.1 Å². The van der Waals surface area contributed by atoms with Gasteiger partial charge >= 0.3 is 6.03 Å². The van der Waals surface area contributed by atoms with Crippen molar-refractivity contribution in [2.75, 3.05) is 33.9 Å². The van der Waals surface area contributed by atoms with Crippen LogP contribution in [-0.2, 0) is 9.53 Å². The van der Waals surface area contributed by atoms with Crippen LogP contribution in [0.5, 0.6) is 0 Å². The number of carbonyl (C=O) groups excluding carboxylic acids is 2. The number of fused-ring (bicyclic) bond motifs is 1. The Balaban J connectivity index is 2.17. The number of carbonyl (C=O) groups is 2. The molecule has 0 aromatic carbocycles. The highest BCUT2D eigenvalue weighted by Gasteiger charge is 2.49. The van der Waals surface area contributed by atoms with E-state index in [0.717, 1.165) is 6.42 Å². The summed E-state index contributed by atoms with van der Waals surface area (Å²) < 4.78 is 4.99. The molecule has 0 aliphatic carbocycles. The maximum Gasteiger partial charge on any atom is 0.325 e. The second kappa shape index (κ2) is 6.57. The molecule has 0 radical (unpaired) electrons. The Kier molecular flexibility index (Phi) is 4.79. The van der Waals surface area contributed by atoms with Crippen LogP contribution in [0.2, 0.25) is 0 Å². The third kappa shape index (κ3) is 2.99. The third-order valence-corrected chi connectivity index (χ3v) is 3.51. The van der Waals surface area contributed by atoms with Gasteiger partial charge in [0.05, 0.1) is 0 Å². The quantitative estimate of drug-likeness (QED) is 0.502. The summed E-state index contributed by atoms with van der Waals surface area (Å²) >= 11 is 0. The van der Waals surface area contributed by atoms with E-state index in [1.54, 1.807) is 20.2 Å². The molecule has 8 heteroatoms. The zero-order valence-corrected chi connectivity index (χ0v) is 12.3. The highest BCUT2D eigenvalue weighted by molar-refractivity contribution is 6.04. The molecule has 116 valence electrons. The van der Waals surface area contributed by atoms with Gasteiger partial charge in [0.25, 0.3) is 5.91 Å². The minimum Gasteiger partial charge on any atom is -0.385 e. The van der Waals surface area contributed by atoms with Crippen LogP contribution in [0.15, 0.2) is 17.6 Å². The molecule has 2 fully saturated rings. The van der Waals surface area contributed by atoms with Crippen LogP contribution >= 0.6 is 0 Å². The number of guanidine groups is 1. The molecule has 2 N–H and O–H groups in total. The van der Waals surface area contributed by atoms with Gasteiger partial charge in [-0.15, -0.1) is 6.58 Å². The number of nitrogens with one attached hydrogen (secondary N) is 2. The van der Waals surface area contributed by atoms with E-state index in [2.05, 4.69) is 22.2 Å². The van der Waals surface area contributed by atoms with Crippen molar-refractivity contribution < 1.29 is 14.3 Å². The molecule has 2 saturated heterocycles. The standard InChI is InChI=1S/C13H21N5O3/c1-4-7-18-9-10(17(2)13(20)16-11(9)19)15-12(18)14-6-5-8-21-3/h4,9-10H,1,5-8H2,2-3H3,(H,14,15)(H,16,19,20). The van der Waals surface area contributed by atoms with Crippen molar-refractivity contribution in [3.05, 3.63) is 12.7 Å². The number of imide groups is 1. The highest BCUT2D eigenvalue weighted by Crippen LogP contribution is 2.20. The molecule has 2 aliphatic rings. The van der Waals surface area contributed by atoms with Gasteiger partial charge < -0.3 is 19.9 Å².